The van der Waals surface area contributed by atoms with E-state index in [9.17, 15) is 119 Å². The second kappa shape index (κ2) is 20.2. The quantitative estimate of drug-likeness (QED) is 0.0674. The molecule has 0 aliphatic heterocycles. The average molecular weight is 1150 g/mol. The number of alkyl halides is 24. The fraction of sp³-hybridized carbons (Fsp3) is 0.191. The topological polar surface area (TPSA) is 20.9 Å². The van der Waals surface area contributed by atoms with Crippen molar-refractivity contribution in [3.8, 4) is 0 Å². The minimum Gasteiger partial charge on any atom is -0.287 e. The van der Waals surface area contributed by atoms with E-state index in [-0.39, 0.29) is 17.9 Å². The van der Waals surface area contributed by atoms with Crippen LogP contribution in [0.4, 0.5) is 114 Å². The van der Waals surface area contributed by atoms with E-state index in [2.05, 4.69) is 0 Å². The molecule has 1 heterocycles. The van der Waals surface area contributed by atoms with Gasteiger partial charge in [-0.25, -0.2) is 8.78 Å². The van der Waals surface area contributed by atoms with Gasteiger partial charge >= 0.3 is 49.4 Å². The second-order valence-electron chi connectivity index (χ2n) is 16.6. The number of Topliss-reactive ketones (excluding diaryl/α,β-unsaturated/α-hetero) is 1. The van der Waals surface area contributed by atoms with Gasteiger partial charge < -0.3 is 0 Å². The van der Waals surface area contributed by atoms with Crippen LogP contribution in [0.25, 0.3) is 10.2 Å². The molecule has 0 N–H and O–H groups in total. The lowest BCUT2D eigenvalue weighted by Crippen LogP contribution is -2.75. The van der Waals surface area contributed by atoms with Crippen LogP contribution in [0.1, 0.15) is 54.9 Å². The number of hydrogen-bond acceptors (Lipinski definition) is 2. The third-order valence-corrected chi connectivity index (χ3v) is 12.4. The van der Waals surface area contributed by atoms with E-state index in [0.29, 0.717) is 0 Å². The first-order valence-corrected chi connectivity index (χ1v) is 21.5. The Bertz CT molecular complexity index is 2900. The van der Waals surface area contributed by atoms with Gasteiger partial charge in [0.25, 0.3) is 0 Å². The highest BCUT2D eigenvalue weighted by Gasteiger charge is 2.47. The van der Waals surface area contributed by atoms with E-state index in [0.717, 1.165) is 22.3 Å². The minimum absolute atomic E-state index is 0.0343. The summed E-state index contributed by atoms with van der Waals surface area (Å²) in [5, 5.41) is 0. The molecule has 412 valence electrons. The molecule has 0 radical (unpaired) electrons. The first-order chi connectivity index (χ1) is 34.9. The van der Waals surface area contributed by atoms with Crippen molar-refractivity contribution in [3.05, 3.63) is 182 Å². The molecular formula is C47H22BF26NOS. The number of para-hydroxylation sites is 1. The Hall–Kier alpha value is -6.88. The SMILES string of the molecule is FC(F)(F)c1cc([B-](c2cc(C(F)(F)F)cc(C(F)(F)F)c2)(c2cc(C(F)(F)F)cc(C(F)(F)F)c2)c2cc(C(F)(F)F)cc(C(F)(F)F)c2)cc(C(F)(F)F)c1.O=C(C[n+]1csc2ccccc21)c1ccc(F)cc1F. The summed E-state index contributed by atoms with van der Waals surface area (Å²) in [5.74, 6) is -1.89. The lowest BCUT2D eigenvalue weighted by Gasteiger charge is -2.46. The van der Waals surface area contributed by atoms with Crippen molar-refractivity contribution in [2.24, 2.45) is 0 Å². The summed E-state index contributed by atoms with van der Waals surface area (Å²) in [5.41, 5.74) is -27.5. The molecule has 6 aromatic carbocycles. The van der Waals surface area contributed by atoms with Gasteiger partial charge in [-0.3, -0.25) is 4.79 Å². The van der Waals surface area contributed by atoms with E-state index >= 15 is 0 Å². The van der Waals surface area contributed by atoms with Crippen LogP contribution in [0.5, 0.6) is 0 Å². The van der Waals surface area contributed by atoms with Gasteiger partial charge in [0.2, 0.25) is 23.4 Å². The summed E-state index contributed by atoms with van der Waals surface area (Å²) in [6.45, 7) is 0.0343. The Morgan fingerprint density at radius 1 is 0.390 bits per heavy atom. The van der Waals surface area contributed by atoms with Gasteiger partial charge in [0.15, 0.2) is 0 Å². The lowest BCUT2D eigenvalue weighted by atomic mass is 9.12. The third kappa shape index (κ3) is 13.1. The molecule has 0 bridgehead atoms. The van der Waals surface area contributed by atoms with Crippen molar-refractivity contribution in [2.75, 3.05) is 0 Å². The van der Waals surface area contributed by atoms with Crippen LogP contribution in [-0.2, 0) is 56.0 Å². The van der Waals surface area contributed by atoms with Crippen LogP contribution in [0.3, 0.4) is 0 Å². The van der Waals surface area contributed by atoms with Crippen molar-refractivity contribution in [2.45, 2.75) is 56.0 Å². The van der Waals surface area contributed by atoms with Crippen molar-refractivity contribution in [1.82, 2.24) is 0 Å². The molecule has 7 aromatic rings. The molecule has 2 nitrogen and oxygen atoms in total. The highest BCUT2D eigenvalue weighted by atomic mass is 32.1. The molecule has 0 spiro atoms. The largest absolute Gasteiger partial charge is 0.416 e. The maximum atomic E-state index is 14.2. The summed E-state index contributed by atoms with van der Waals surface area (Å²) < 4.78 is 370. The predicted molar refractivity (Wildman–Crippen MR) is 223 cm³/mol. The first-order valence-electron chi connectivity index (χ1n) is 20.6. The van der Waals surface area contributed by atoms with E-state index in [4.69, 9.17) is 0 Å². The summed E-state index contributed by atoms with van der Waals surface area (Å²) in [6, 6.07) is 1.85. The number of rotatable bonds is 7. The molecule has 0 fully saturated rings. The normalized spacial score (nSPS) is 13.4. The van der Waals surface area contributed by atoms with Crippen LogP contribution in [0.15, 0.2) is 121 Å². The van der Waals surface area contributed by atoms with Crippen molar-refractivity contribution in [1.29, 1.82) is 0 Å². The fourth-order valence-corrected chi connectivity index (χ4v) is 9.01. The van der Waals surface area contributed by atoms with Gasteiger partial charge in [-0.1, -0.05) is 72.0 Å². The average Bonchev–Trinajstić information content (AvgIpc) is 3.69. The Balaban J connectivity index is 0.000000397. The van der Waals surface area contributed by atoms with Crippen LogP contribution in [0, 0.1) is 11.6 Å². The van der Waals surface area contributed by atoms with Gasteiger partial charge in [-0.15, -0.1) is 0 Å². The number of nitrogens with zero attached hydrogens (tertiary/aromatic N) is 1. The van der Waals surface area contributed by atoms with Gasteiger partial charge in [-0.2, -0.15) is 132 Å². The molecular weight excluding hydrogens is 1130 g/mol. The Kier molecular flexibility index (Phi) is 15.5. The molecule has 0 amide bonds. The molecule has 77 heavy (non-hydrogen) atoms. The maximum Gasteiger partial charge on any atom is 0.416 e. The smallest absolute Gasteiger partial charge is 0.287 e. The molecule has 0 aliphatic carbocycles. The number of halogens is 26. The Morgan fingerprint density at radius 2 is 0.675 bits per heavy atom. The molecule has 1 aromatic heterocycles. The van der Waals surface area contributed by atoms with Crippen molar-refractivity contribution >= 4 is 55.3 Å². The highest BCUT2D eigenvalue weighted by molar-refractivity contribution is 7.20. The maximum absolute atomic E-state index is 14.2. The van der Waals surface area contributed by atoms with Crippen molar-refractivity contribution < 1.29 is 124 Å². The number of aromatic nitrogens is 1. The first kappa shape index (κ1) is 59.4. The number of thiazole rings is 1. The zero-order valence-corrected chi connectivity index (χ0v) is 37.7. The van der Waals surface area contributed by atoms with Crippen LogP contribution < -0.4 is 26.4 Å². The zero-order valence-electron chi connectivity index (χ0n) is 36.9. The van der Waals surface area contributed by atoms with Gasteiger partial charge in [0, 0.05) is 12.1 Å². The van der Waals surface area contributed by atoms with E-state index < -0.39 is 206 Å². The monoisotopic (exact) mass is 1150 g/mol. The molecule has 0 saturated heterocycles. The fourth-order valence-electron chi connectivity index (χ4n) is 8.12. The van der Waals surface area contributed by atoms with Crippen LogP contribution in [0.2, 0.25) is 0 Å². The standard InChI is InChI=1S/C32H12BF24.C15H10F2NOS/c34-25(35,36)13-1-14(26(37,38)39)6-21(5-13)33(22-7-15(27(40,41)42)2-16(8-22)28(43,44)45,23-9-17(29(46,47)48)3-18(10-23)30(49,50)51)24-11-19(31(52,53)54)4-20(12-24)32(55,56)57;16-10-5-6-11(12(17)7-10)14(19)8-18-9-20-15-4-2-1-3-13(15)18/h1-12H;1-7,9H,8H2/q-1;+1. The number of carbonyl (C=O) groups excluding carboxylic acids is 1. The Labute approximate surface area is 416 Å². The predicted octanol–water partition coefficient (Wildman–Crippen LogP) is 14.6. The second-order valence-corrected chi connectivity index (χ2v) is 17.5. The van der Waals surface area contributed by atoms with Crippen LogP contribution >= 0.6 is 11.3 Å². The zero-order chi connectivity index (χ0) is 58.0. The molecule has 0 aliphatic rings. The van der Waals surface area contributed by atoms with Gasteiger partial charge in [-0.05, 0) is 42.5 Å². The third-order valence-electron chi connectivity index (χ3n) is 11.5. The van der Waals surface area contributed by atoms with E-state index in [1.807, 2.05) is 29.8 Å². The van der Waals surface area contributed by atoms with Gasteiger partial charge in [0.1, 0.15) is 22.5 Å². The lowest BCUT2D eigenvalue weighted by molar-refractivity contribution is -0.652. The highest BCUT2D eigenvalue weighted by Crippen LogP contribution is 2.41. The summed E-state index contributed by atoms with van der Waals surface area (Å²) >= 11 is 1.51. The molecule has 0 atom stereocenters. The molecule has 0 saturated carbocycles. The summed E-state index contributed by atoms with van der Waals surface area (Å²) in [4.78, 5) is 12.1. The number of carbonyl (C=O) groups is 1. The molecule has 7 rings (SSSR count). The number of fused-ring (bicyclic) bond motifs is 1. The minimum atomic E-state index is -6.13. The molecule has 30 heteroatoms. The van der Waals surface area contributed by atoms with Gasteiger partial charge in [0.05, 0.1) is 50.1 Å². The Morgan fingerprint density at radius 3 is 0.948 bits per heavy atom. The van der Waals surface area contributed by atoms with Crippen LogP contribution in [-0.4, -0.2) is 11.9 Å². The summed E-state index contributed by atoms with van der Waals surface area (Å²) in [7, 11) is 0. The molecule has 0 unspecified atom stereocenters. The van der Waals surface area contributed by atoms with E-state index in [1.54, 1.807) is 4.57 Å². The summed E-state index contributed by atoms with van der Waals surface area (Å²) in [6.07, 6.45) is -54.8. The van der Waals surface area contributed by atoms with Crippen molar-refractivity contribution in [3.63, 3.8) is 0 Å². The number of benzene rings is 6. The number of ketones is 1. The number of hydrogen-bond donors (Lipinski definition) is 0. The van der Waals surface area contributed by atoms with E-state index in [1.165, 1.54) is 17.4 Å².